The lowest BCUT2D eigenvalue weighted by Gasteiger charge is -2.57. The average molecular weight is 232 g/mol. The summed E-state index contributed by atoms with van der Waals surface area (Å²) in [5.41, 5.74) is -0.0417. The maximum Gasteiger partial charge on any atom is 0.291 e. The van der Waals surface area contributed by atoms with E-state index in [0.29, 0.717) is 0 Å². The van der Waals surface area contributed by atoms with E-state index >= 15 is 0 Å². The highest BCUT2D eigenvalue weighted by atomic mass is 32.1. The zero-order chi connectivity index (χ0) is 10.7. The van der Waals surface area contributed by atoms with Crippen LogP contribution >= 0.6 is 12.6 Å². The third-order valence-electron chi connectivity index (χ3n) is 4.75. The number of alkyl halides is 2. The molecule has 0 atom stereocenters. The maximum atomic E-state index is 13.1. The molecule has 4 bridgehead atoms. The highest BCUT2D eigenvalue weighted by Crippen LogP contribution is 2.62. The smallest absolute Gasteiger partial charge is 0.195 e. The molecule has 0 radical (unpaired) electrons. The van der Waals surface area contributed by atoms with Gasteiger partial charge in [-0.05, 0) is 61.7 Å². The zero-order valence-corrected chi connectivity index (χ0v) is 9.78. The van der Waals surface area contributed by atoms with Gasteiger partial charge < -0.3 is 0 Å². The number of thiol groups is 1. The topological polar surface area (TPSA) is 0 Å². The van der Waals surface area contributed by atoms with Crippen molar-refractivity contribution in [2.45, 2.75) is 50.2 Å². The predicted molar refractivity (Wildman–Crippen MR) is 59.2 cm³/mol. The molecule has 0 aromatic heterocycles. The van der Waals surface area contributed by atoms with E-state index in [1.165, 1.54) is 19.3 Å². The third-order valence-corrected chi connectivity index (χ3v) is 4.91. The van der Waals surface area contributed by atoms with Gasteiger partial charge in [0.15, 0.2) is 0 Å². The average Bonchev–Trinajstić information content (AvgIpc) is 1.94. The van der Waals surface area contributed by atoms with Crippen LogP contribution in [0.25, 0.3) is 0 Å². The lowest BCUT2D eigenvalue weighted by Crippen LogP contribution is -2.47. The molecule has 0 saturated heterocycles. The Balaban J connectivity index is 1.81. The molecule has 0 nitrogen and oxygen atoms in total. The van der Waals surface area contributed by atoms with Gasteiger partial charge in [0.2, 0.25) is 0 Å². The molecule has 3 heteroatoms. The van der Waals surface area contributed by atoms with Crippen LogP contribution in [-0.4, -0.2) is 5.25 Å². The summed E-state index contributed by atoms with van der Waals surface area (Å²) in [6.45, 7) is 0. The van der Waals surface area contributed by atoms with Crippen LogP contribution in [0.1, 0.15) is 44.9 Å². The molecule has 15 heavy (non-hydrogen) atoms. The van der Waals surface area contributed by atoms with Crippen molar-refractivity contribution in [2.75, 3.05) is 0 Å². The molecule has 4 aliphatic rings. The van der Waals surface area contributed by atoms with Crippen LogP contribution in [0.3, 0.4) is 0 Å². The van der Waals surface area contributed by atoms with Crippen LogP contribution in [0.2, 0.25) is 0 Å². The minimum absolute atomic E-state index is 0.0204. The minimum Gasteiger partial charge on any atom is -0.195 e. The van der Waals surface area contributed by atoms with Crippen molar-refractivity contribution in [1.82, 2.24) is 0 Å². The van der Waals surface area contributed by atoms with Crippen LogP contribution in [0.15, 0.2) is 0 Å². The minimum atomic E-state index is -2.76. The zero-order valence-electron chi connectivity index (χ0n) is 8.88. The first-order valence-corrected chi connectivity index (χ1v) is 6.49. The van der Waals surface area contributed by atoms with E-state index in [4.69, 9.17) is 0 Å². The molecular formula is C12H18F2S. The monoisotopic (exact) mass is 232 g/mol. The summed E-state index contributed by atoms with van der Waals surface area (Å²) in [6, 6.07) is 0. The summed E-state index contributed by atoms with van der Waals surface area (Å²) < 4.78 is 26.2. The summed E-state index contributed by atoms with van der Waals surface area (Å²) in [6.07, 6.45) is 7.12. The van der Waals surface area contributed by atoms with Crippen molar-refractivity contribution in [3.63, 3.8) is 0 Å². The van der Waals surface area contributed by atoms with Crippen LogP contribution < -0.4 is 0 Å². The lowest BCUT2D eigenvalue weighted by molar-refractivity contribution is -0.0888. The Morgan fingerprint density at radius 1 is 1.00 bits per heavy atom. The standard InChI is InChI=1S/C12H18F2S/c13-12(14,15)7-11-4-8-1-9(5-11)3-10(2-8)6-11/h8-10,15H,1-7H2. The van der Waals surface area contributed by atoms with Gasteiger partial charge in [-0.1, -0.05) is 0 Å². The fourth-order valence-electron chi connectivity index (χ4n) is 4.96. The quantitative estimate of drug-likeness (QED) is 0.680. The van der Waals surface area contributed by atoms with E-state index < -0.39 is 5.25 Å². The number of halogens is 2. The Morgan fingerprint density at radius 2 is 1.40 bits per heavy atom. The number of hydrogen-bond acceptors (Lipinski definition) is 1. The van der Waals surface area contributed by atoms with Crippen molar-refractivity contribution >= 4 is 12.6 Å². The maximum absolute atomic E-state index is 13.1. The molecule has 0 aliphatic heterocycles. The molecule has 0 heterocycles. The van der Waals surface area contributed by atoms with Gasteiger partial charge in [-0.2, -0.15) is 8.78 Å². The second-order valence-electron chi connectivity index (χ2n) is 6.26. The fraction of sp³-hybridized carbons (Fsp3) is 1.00. The SMILES string of the molecule is FC(F)(S)CC12CC3CC(CC(C3)C1)C2. The summed E-state index contributed by atoms with van der Waals surface area (Å²) in [5.74, 6) is 2.27. The Bertz CT molecular complexity index is 234. The second kappa shape index (κ2) is 3.12. The van der Waals surface area contributed by atoms with Gasteiger partial charge in [0, 0.05) is 6.42 Å². The van der Waals surface area contributed by atoms with Gasteiger partial charge in [-0.3, -0.25) is 0 Å². The summed E-state index contributed by atoms with van der Waals surface area (Å²) in [5, 5.41) is -2.76. The molecule has 0 aromatic carbocycles. The first kappa shape index (κ1) is 10.4. The van der Waals surface area contributed by atoms with Crippen molar-refractivity contribution in [1.29, 1.82) is 0 Å². The van der Waals surface area contributed by atoms with Crippen molar-refractivity contribution < 1.29 is 8.78 Å². The summed E-state index contributed by atoms with van der Waals surface area (Å²) >= 11 is 3.44. The van der Waals surface area contributed by atoms with Gasteiger partial charge in [0.05, 0.1) is 0 Å². The first-order chi connectivity index (χ1) is 6.94. The van der Waals surface area contributed by atoms with Crippen LogP contribution in [0.5, 0.6) is 0 Å². The van der Waals surface area contributed by atoms with Gasteiger partial charge in [-0.15, -0.1) is 12.6 Å². The normalized spacial score (nSPS) is 48.6. The van der Waals surface area contributed by atoms with Gasteiger partial charge in [-0.25, -0.2) is 0 Å². The Labute approximate surface area is 95.2 Å². The van der Waals surface area contributed by atoms with Crippen molar-refractivity contribution in [3.05, 3.63) is 0 Å². The van der Waals surface area contributed by atoms with Gasteiger partial charge >= 0.3 is 0 Å². The molecule has 86 valence electrons. The number of rotatable bonds is 2. The lowest BCUT2D eigenvalue weighted by atomic mass is 9.49. The van der Waals surface area contributed by atoms with E-state index in [0.717, 1.165) is 37.0 Å². The largest absolute Gasteiger partial charge is 0.291 e. The Hall–Kier alpha value is 0.210. The predicted octanol–water partition coefficient (Wildman–Crippen LogP) is 4.12. The third kappa shape index (κ3) is 1.92. The van der Waals surface area contributed by atoms with Crippen molar-refractivity contribution in [2.24, 2.45) is 23.2 Å². The molecule has 0 spiro atoms. The molecular weight excluding hydrogens is 214 g/mol. The molecule has 0 unspecified atom stereocenters. The van der Waals surface area contributed by atoms with Crippen LogP contribution in [0, 0.1) is 23.2 Å². The summed E-state index contributed by atoms with van der Waals surface area (Å²) in [7, 11) is 0. The number of hydrogen-bond donors (Lipinski definition) is 1. The van der Waals surface area contributed by atoms with E-state index in [9.17, 15) is 8.78 Å². The van der Waals surface area contributed by atoms with E-state index in [1.54, 1.807) is 0 Å². The second-order valence-corrected chi connectivity index (χ2v) is 6.91. The molecule has 4 rings (SSSR count). The van der Waals surface area contributed by atoms with E-state index in [2.05, 4.69) is 12.6 Å². The fourth-order valence-corrected chi connectivity index (χ4v) is 5.29. The van der Waals surface area contributed by atoms with E-state index in [-0.39, 0.29) is 11.8 Å². The Kier molecular flexibility index (Phi) is 2.15. The molecule has 0 aromatic rings. The van der Waals surface area contributed by atoms with Crippen molar-refractivity contribution in [3.8, 4) is 0 Å². The summed E-state index contributed by atoms with van der Waals surface area (Å²) in [4.78, 5) is 0. The molecule has 4 saturated carbocycles. The Morgan fingerprint density at radius 3 is 1.73 bits per heavy atom. The van der Waals surface area contributed by atoms with Gasteiger partial charge in [0.1, 0.15) is 0 Å². The van der Waals surface area contributed by atoms with Crippen LogP contribution in [-0.2, 0) is 0 Å². The van der Waals surface area contributed by atoms with E-state index in [1.807, 2.05) is 0 Å². The molecule has 4 fully saturated rings. The molecule has 4 aliphatic carbocycles. The van der Waals surface area contributed by atoms with Crippen LogP contribution in [0.4, 0.5) is 8.78 Å². The van der Waals surface area contributed by atoms with Gasteiger partial charge in [0.25, 0.3) is 5.25 Å². The first-order valence-electron chi connectivity index (χ1n) is 6.04. The highest BCUT2D eigenvalue weighted by Gasteiger charge is 2.53. The molecule has 0 amide bonds. The molecule has 0 N–H and O–H groups in total. The highest BCUT2D eigenvalue weighted by molar-refractivity contribution is 7.81.